The topological polar surface area (TPSA) is 50.2 Å². The number of nitrogens with zero attached hydrogens (tertiary/aromatic N) is 2. The number of rotatable bonds is 2. The summed E-state index contributed by atoms with van der Waals surface area (Å²) >= 11 is 0. The average molecular weight is 330 g/mol. The van der Waals surface area contributed by atoms with Gasteiger partial charge in [-0.15, -0.1) is 12.4 Å². The number of hydrogen-bond acceptors (Lipinski definition) is 2. The molecule has 23 heavy (non-hydrogen) atoms. The smallest absolute Gasteiger partial charge is 0.183 e. The van der Waals surface area contributed by atoms with E-state index in [9.17, 15) is 4.79 Å². The van der Waals surface area contributed by atoms with E-state index in [-0.39, 0.29) is 24.1 Å². The molecule has 0 aliphatic heterocycles. The molecule has 0 fully saturated rings. The molecule has 5 heteroatoms. The first-order valence-electron chi connectivity index (χ1n) is 7.78. The Balaban J connectivity index is 0.00000156. The van der Waals surface area contributed by atoms with Crippen LogP contribution in [0, 0.1) is 19.8 Å². The molecule has 0 saturated heterocycles. The van der Waals surface area contributed by atoms with Crippen molar-refractivity contribution in [2.24, 2.45) is 5.92 Å². The zero-order valence-corrected chi connectivity index (χ0v) is 14.1. The third-order valence-corrected chi connectivity index (χ3v) is 4.79. The van der Waals surface area contributed by atoms with Crippen LogP contribution in [-0.2, 0) is 12.8 Å². The van der Waals surface area contributed by atoms with Gasteiger partial charge in [0.25, 0.3) is 0 Å². The number of ketones is 1. The summed E-state index contributed by atoms with van der Waals surface area (Å²) in [5, 5.41) is 0. The van der Waals surface area contributed by atoms with Crippen LogP contribution in [0.2, 0.25) is 0 Å². The number of aromatic nitrogens is 3. The van der Waals surface area contributed by atoms with Crippen LogP contribution in [0.5, 0.6) is 0 Å². The van der Waals surface area contributed by atoms with E-state index in [0.717, 1.165) is 42.0 Å². The number of H-pyrrole nitrogens is 1. The summed E-state index contributed by atoms with van der Waals surface area (Å²) in [5.74, 6) is 1.22. The van der Waals surface area contributed by atoms with E-state index in [4.69, 9.17) is 0 Å². The van der Waals surface area contributed by atoms with Crippen LogP contribution >= 0.6 is 12.4 Å². The quantitative estimate of drug-likeness (QED) is 0.779. The SMILES string of the molecule is Cc1ncc(CC2CCc3c(C)c4ccccn4c3C2=O)[nH]1.Cl. The molecule has 0 radical (unpaired) electrons. The van der Waals surface area contributed by atoms with Crippen LogP contribution in [0.15, 0.2) is 30.6 Å². The minimum atomic E-state index is 0. The minimum absolute atomic E-state index is 0. The molecule has 4 rings (SSSR count). The Morgan fingerprint density at radius 2 is 2.17 bits per heavy atom. The van der Waals surface area contributed by atoms with E-state index in [1.165, 1.54) is 11.1 Å². The van der Waals surface area contributed by atoms with E-state index < -0.39 is 0 Å². The Bertz CT molecular complexity index is 878. The second kappa shape index (κ2) is 5.85. The highest BCUT2D eigenvalue weighted by Gasteiger charge is 2.32. The van der Waals surface area contributed by atoms with Crippen LogP contribution in [0.3, 0.4) is 0 Å². The second-order valence-electron chi connectivity index (χ2n) is 6.21. The Labute approximate surface area is 141 Å². The number of Topliss-reactive ketones (excluding diaryl/α,β-unsaturated/α-hetero) is 1. The van der Waals surface area contributed by atoms with E-state index in [0.29, 0.717) is 0 Å². The number of fused-ring (bicyclic) bond motifs is 3. The van der Waals surface area contributed by atoms with Crippen LogP contribution in [0.1, 0.15) is 39.6 Å². The van der Waals surface area contributed by atoms with Gasteiger partial charge in [0.1, 0.15) is 5.82 Å². The minimum Gasteiger partial charge on any atom is -0.346 e. The maximum absolute atomic E-state index is 13.0. The summed E-state index contributed by atoms with van der Waals surface area (Å²) in [5.41, 5.74) is 5.57. The molecule has 1 unspecified atom stereocenters. The van der Waals surface area contributed by atoms with E-state index in [1.807, 2.05) is 31.5 Å². The molecule has 120 valence electrons. The van der Waals surface area contributed by atoms with Gasteiger partial charge in [-0.3, -0.25) is 4.79 Å². The molecule has 1 aliphatic rings. The lowest BCUT2D eigenvalue weighted by atomic mass is 9.83. The summed E-state index contributed by atoms with van der Waals surface area (Å²) in [6, 6.07) is 6.11. The molecule has 0 aromatic carbocycles. The summed E-state index contributed by atoms with van der Waals surface area (Å²) in [6.45, 7) is 4.06. The molecule has 3 aromatic rings. The third kappa shape index (κ3) is 2.47. The van der Waals surface area contributed by atoms with Gasteiger partial charge in [-0.2, -0.15) is 0 Å². The Hall–Kier alpha value is -2.07. The van der Waals surface area contributed by atoms with Gasteiger partial charge >= 0.3 is 0 Å². The van der Waals surface area contributed by atoms with Gasteiger partial charge in [-0.1, -0.05) is 6.07 Å². The van der Waals surface area contributed by atoms with Crippen LogP contribution in [0.4, 0.5) is 0 Å². The Kier molecular flexibility index (Phi) is 4.02. The van der Waals surface area contributed by atoms with Crippen molar-refractivity contribution in [3.05, 3.63) is 58.9 Å². The number of aryl methyl sites for hydroxylation is 2. The Morgan fingerprint density at radius 3 is 2.91 bits per heavy atom. The second-order valence-corrected chi connectivity index (χ2v) is 6.21. The zero-order chi connectivity index (χ0) is 15.3. The van der Waals surface area contributed by atoms with Gasteiger partial charge in [0.15, 0.2) is 5.78 Å². The first-order chi connectivity index (χ1) is 10.6. The Morgan fingerprint density at radius 1 is 1.35 bits per heavy atom. The van der Waals surface area contributed by atoms with Crippen molar-refractivity contribution >= 4 is 23.7 Å². The molecule has 0 bridgehead atoms. The third-order valence-electron chi connectivity index (χ3n) is 4.79. The molecule has 0 saturated carbocycles. The van der Waals surface area contributed by atoms with E-state index >= 15 is 0 Å². The number of halogens is 1. The maximum Gasteiger partial charge on any atom is 0.183 e. The van der Waals surface area contributed by atoms with Gasteiger partial charge in [0, 0.05) is 29.5 Å². The molecule has 3 aromatic heterocycles. The fraction of sp³-hybridized carbons (Fsp3) is 0.333. The van der Waals surface area contributed by atoms with E-state index in [1.54, 1.807) is 0 Å². The van der Waals surface area contributed by atoms with Gasteiger partial charge in [0.05, 0.1) is 5.69 Å². The van der Waals surface area contributed by atoms with Crippen molar-refractivity contribution in [2.75, 3.05) is 0 Å². The molecular formula is C18H20ClN3O. The van der Waals surface area contributed by atoms with Crippen LogP contribution in [-0.4, -0.2) is 20.2 Å². The van der Waals surface area contributed by atoms with Crippen LogP contribution < -0.4 is 0 Å². The monoisotopic (exact) mass is 329 g/mol. The molecular weight excluding hydrogens is 310 g/mol. The fourth-order valence-corrected chi connectivity index (χ4v) is 3.67. The molecule has 3 heterocycles. The highest BCUT2D eigenvalue weighted by Crippen LogP contribution is 2.33. The van der Waals surface area contributed by atoms with Crippen molar-refractivity contribution < 1.29 is 4.79 Å². The zero-order valence-electron chi connectivity index (χ0n) is 13.3. The van der Waals surface area contributed by atoms with Crippen molar-refractivity contribution in [3.63, 3.8) is 0 Å². The molecule has 0 amide bonds. The van der Waals surface area contributed by atoms with Gasteiger partial charge in [-0.25, -0.2) is 4.98 Å². The number of nitrogens with one attached hydrogen (secondary N) is 1. The lowest BCUT2D eigenvalue weighted by molar-refractivity contribution is 0.0894. The predicted octanol–water partition coefficient (Wildman–Crippen LogP) is 3.69. The molecule has 1 atom stereocenters. The fourth-order valence-electron chi connectivity index (χ4n) is 3.67. The average Bonchev–Trinajstić information content (AvgIpc) is 3.05. The largest absolute Gasteiger partial charge is 0.346 e. The maximum atomic E-state index is 13.0. The summed E-state index contributed by atoms with van der Waals surface area (Å²) in [7, 11) is 0. The highest BCUT2D eigenvalue weighted by atomic mass is 35.5. The van der Waals surface area contributed by atoms with E-state index in [2.05, 4.69) is 27.4 Å². The number of pyridine rings is 1. The standard InChI is InChI=1S/C18H19N3O.ClH/c1-11-15-7-6-13(9-14-10-19-12(2)20-14)18(22)17(15)21-8-4-3-5-16(11)21;/h3-5,8,10,13H,6-7,9H2,1-2H3,(H,19,20);1H. The molecule has 1 aliphatic carbocycles. The lowest BCUT2D eigenvalue weighted by Gasteiger charge is -2.21. The summed E-state index contributed by atoms with van der Waals surface area (Å²) < 4.78 is 2.07. The molecule has 0 spiro atoms. The number of aromatic amines is 1. The lowest BCUT2D eigenvalue weighted by Crippen LogP contribution is -2.25. The molecule has 1 N–H and O–H groups in total. The number of imidazole rings is 1. The first-order valence-corrected chi connectivity index (χ1v) is 7.78. The normalized spacial score (nSPS) is 17.1. The van der Waals surface area contributed by atoms with Crippen molar-refractivity contribution in [2.45, 2.75) is 33.1 Å². The molecule has 4 nitrogen and oxygen atoms in total. The first kappa shape index (κ1) is 15.8. The number of hydrogen-bond donors (Lipinski definition) is 1. The summed E-state index contributed by atoms with van der Waals surface area (Å²) in [4.78, 5) is 20.5. The summed E-state index contributed by atoms with van der Waals surface area (Å²) in [6.07, 6.45) is 6.49. The van der Waals surface area contributed by atoms with Crippen molar-refractivity contribution in [3.8, 4) is 0 Å². The van der Waals surface area contributed by atoms with Crippen molar-refractivity contribution in [1.82, 2.24) is 14.4 Å². The number of carbonyl (C=O) groups is 1. The van der Waals surface area contributed by atoms with Crippen molar-refractivity contribution in [1.29, 1.82) is 0 Å². The highest BCUT2D eigenvalue weighted by molar-refractivity contribution is 6.01. The van der Waals surface area contributed by atoms with Gasteiger partial charge in [0.2, 0.25) is 0 Å². The predicted molar refractivity (Wildman–Crippen MR) is 92.6 cm³/mol. The van der Waals surface area contributed by atoms with Gasteiger partial charge < -0.3 is 9.38 Å². The van der Waals surface area contributed by atoms with Crippen LogP contribution in [0.25, 0.3) is 5.52 Å². The number of carbonyl (C=O) groups excluding carboxylic acids is 1. The van der Waals surface area contributed by atoms with Gasteiger partial charge in [-0.05, 0) is 56.4 Å².